The Morgan fingerprint density at radius 3 is 2.40 bits per heavy atom. The van der Waals surface area contributed by atoms with E-state index in [-0.39, 0.29) is 18.4 Å². The molecule has 1 fully saturated rings. The second kappa shape index (κ2) is 6.76. The SMILES string of the molecule is CCOC(=O)C1CCC(O)(CN(C)CC(F)(F)F)CC1. The monoisotopic (exact) mass is 297 g/mol. The Morgan fingerprint density at radius 2 is 1.95 bits per heavy atom. The van der Waals surface area contributed by atoms with Crippen LogP contribution in [0.5, 0.6) is 0 Å². The van der Waals surface area contributed by atoms with Crippen molar-refractivity contribution in [3.8, 4) is 0 Å². The Balaban J connectivity index is 2.44. The van der Waals surface area contributed by atoms with Crippen LogP contribution in [0.4, 0.5) is 13.2 Å². The summed E-state index contributed by atoms with van der Waals surface area (Å²) in [6, 6.07) is 0. The van der Waals surface area contributed by atoms with Crippen LogP contribution >= 0.6 is 0 Å². The number of nitrogens with zero attached hydrogens (tertiary/aromatic N) is 1. The van der Waals surface area contributed by atoms with Crippen LogP contribution in [0.2, 0.25) is 0 Å². The van der Waals surface area contributed by atoms with Crippen LogP contribution in [-0.2, 0) is 9.53 Å². The fraction of sp³-hybridized carbons (Fsp3) is 0.923. The van der Waals surface area contributed by atoms with Gasteiger partial charge in [-0.15, -0.1) is 0 Å². The molecule has 7 heteroatoms. The van der Waals surface area contributed by atoms with Gasteiger partial charge in [-0.05, 0) is 39.7 Å². The van der Waals surface area contributed by atoms with E-state index in [9.17, 15) is 23.1 Å². The van der Waals surface area contributed by atoms with Crippen molar-refractivity contribution in [2.75, 3.05) is 26.7 Å². The van der Waals surface area contributed by atoms with Gasteiger partial charge in [0.1, 0.15) is 0 Å². The van der Waals surface area contributed by atoms with E-state index < -0.39 is 18.3 Å². The zero-order valence-corrected chi connectivity index (χ0v) is 11.9. The lowest BCUT2D eigenvalue weighted by Gasteiger charge is -2.37. The average molecular weight is 297 g/mol. The molecular weight excluding hydrogens is 275 g/mol. The molecule has 1 aliphatic rings. The first-order chi connectivity index (χ1) is 9.15. The quantitative estimate of drug-likeness (QED) is 0.788. The highest BCUT2D eigenvalue weighted by molar-refractivity contribution is 5.72. The molecular formula is C13H22F3NO3. The number of hydrogen-bond acceptors (Lipinski definition) is 4. The minimum absolute atomic E-state index is 0.0396. The fourth-order valence-electron chi connectivity index (χ4n) is 2.67. The van der Waals surface area contributed by atoms with Crippen LogP contribution < -0.4 is 0 Å². The number of alkyl halides is 3. The van der Waals surface area contributed by atoms with Gasteiger partial charge in [0, 0.05) is 6.54 Å². The van der Waals surface area contributed by atoms with E-state index in [4.69, 9.17) is 4.74 Å². The smallest absolute Gasteiger partial charge is 0.401 e. The normalized spacial score (nSPS) is 27.6. The molecule has 0 unspecified atom stereocenters. The fourth-order valence-corrected chi connectivity index (χ4v) is 2.67. The van der Waals surface area contributed by atoms with Crippen LogP contribution in [0.25, 0.3) is 0 Å². The van der Waals surface area contributed by atoms with E-state index >= 15 is 0 Å². The molecule has 20 heavy (non-hydrogen) atoms. The predicted molar refractivity (Wildman–Crippen MR) is 67.1 cm³/mol. The summed E-state index contributed by atoms with van der Waals surface area (Å²) in [5.41, 5.74) is -1.15. The lowest BCUT2D eigenvalue weighted by atomic mass is 9.78. The molecule has 0 heterocycles. The van der Waals surface area contributed by atoms with Gasteiger partial charge in [0.25, 0.3) is 0 Å². The van der Waals surface area contributed by atoms with Crippen molar-refractivity contribution in [2.24, 2.45) is 5.92 Å². The molecule has 0 radical (unpaired) electrons. The minimum atomic E-state index is -4.27. The van der Waals surface area contributed by atoms with Crippen LogP contribution in [0.3, 0.4) is 0 Å². The first-order valence-electron chi connectivity index (χ1n) is 6.79. The van der Waals surface area contributed by atoms with E-state index in [0.717, 1.165) is 4.90 Å². The molecule has 0 aromatic rings. The summed E-state index contributed by atoms with van der Waals surface area (Å²) < 4.78 is 41.7. The molecule has 0 aromatic heterocycles. The summed E-state index contributed by atoms with van der Waals surface area (Å²) in [7, 11) is 1.34. The van der Waals surface area contributed by atoms with Gasteiger partial charge in [-0.1, -0.05) is 0 Å². The van der Waals surface area contributed by atoms with Crippen molar-refractivity contribution in [3.05, 3.63) is 0 Å². The van der Waals surface area contributed by atoms with Crippen LogP contribution in [0.15, 0.2) is 0 Å². The van der Waals surface area contributed by atoms with Crippen molar-refractivity contribution in [1.82, 2.24) is 4.90 Å². The van der Waals surface area contributed by atoms with E-state index in [1.54, 1.807) is 6.92 Å². The van der Waals surface area contributed by atoms with Crippen LogP contribution in [-0.4, -0.2) is 54.5 Å². The number of rotatable bonds is 5. The molecule has 0 atom stereocenters. The van der Waals surface area contributed by atoms with Crippen LogP contribution in [0.1, 0.15) is 32.6 Å². The lowest BCUT2D eigenvalue weighted by Crippen LogP contribution is -2.47. The summed E-state index contributed by atoms with van der Waals surface area (Å²) in [6.45, 7) is 0.954. The van der Waals surface area contributed by atoms with Gasteiger partial charge in [-0.2, -0.15) is 13.2 Å². The summed E-state index contributed by atoms with van der Waals surface area (Å²) in [6.07, 6.45) is -2.73. The van der Waals surface area contributed by atoms with Crippen molar-refractivity contribution >= 4 is 5.97 Å². The van der Waals surface area contributed by atoms with Crippen molar-refractivity contribution < 1.29 is 27.8 Å². The third kappa shape index (κ3) is 5.66. The van der Waals surface area contributed by atoms with E-state index in [0.29, 0.717) is 32.3 Å². The number of carbonyl (C=O) groups excluding carboxylic acids is 1. The molecule has 0 bridgehead atoms. The number of ether oxygens (including phenoxy) is 1. The molecule has 0 amide bonds. The average Bonchev–Trinajstić information content (AvgIpc) is 2.26. The Kier molecular flexibility index (Phi) is 5.82. The molecule has 1 aliphatic carbocycles. The zero-order valence-electron chi connectivity index (χ0n) is 11.9. The first-order valence-corrected chi connectivity index (χ1v) is 6.79. The lowest BCUT2D eigenvalue weighted by molar-refractivity contribution is -0.155. The maximum atomic E-state index is 12.3. The standard InChI is InChI=1S/C13H22F3NO3/c1-3-20-11(18)10-4-6-12(19,7-5-10)8-17(2)9-13(14,15)16/h10,19H,3-9H2,1-2H3. The van der Waals surface area contributed by atoms with Crippen molar-refractivity contribution in [2.45, 2.75) is 44.4 Å². The Bertz CT molecular complexity index is 325. The van der Waals surface area contributed by atoms with Gasteiger partial charge < -0.3 is 9.84 Å². The van der Waals surface area contributed by atoms with Crippen molar-refractivity contribution in [1.29, 1.82) is 0 Å². The Labute approximate surface area is 116 Å². The highest BCUT2D eigenvalue weighted by Crippen LogP contribution is 2.33. The molecule has 4 nitrogen and oxygen atoms in total. The summed E-state index contributed by atoms with van der Waals surface area (Å²) in [5.74, 6) is -0.527. The highest BCUT2D eigenvalue weighted by Gasteiger charge is 2.39. The first kappa shape index (κ1) is 17.2. The predicted octanol–water partition coefficient (Wildman–Crippen LogP) is 1.96. The molecule has 0 spiro atoms. The molecule has 0 aliphatic heterocycles. The van der Waals surface area contributed by atoms with Crippen LogP contribution in [0, 0.1) is 5.92 Å². The summed E-state index contributed by atoms with van der Waals surface area (Å²) >= 11 is 0. The zero-order chi connectivity index (χ0) is 15.4. The maximum absolute atomic E-state index is 12.3. The second-order valence-corrected chi connectivity index (χ2v) is 5.54. The van der Waals surface area contributed by atoms with Gasteiger partial charge in [0.05, 0.1) is 24.7 Å². The molecule has 0 saturated heterocycles. The third-order valence-electron chi connectivity index (χ3n) is 3.55. The second-order valence-electron chi connectivity index (χ2n) is 5.54. The Morgan fingerprint density at radius 1 is 1.40 bits per heavy atom. The highest BCUT2D eigenvalue weighted by atomic mass is 19.4. The number of likely N-dealkylation sites (N-methyl/N-ethyl adjacent to an activating group) is 1. The van der Waals surface area contributed by atoms with Gasteiger partial charge in [0.15, 0.2) is 0 Å². The van der Waals surface area contributed by atoms with Crippen molar-refractivity contribution in [3.63, 3.8) is 0 Å². The summed E-state index contributed by atoms with van der Waals surface area (Å²) in [5, 5.41) is 10.3. The van der Waals surface area contributed by atoms with Gasteiger partial charge in [-0.25, -0.2) is 0 Å². The number of esters is 1. The number of aliphatic hydroxyl groups is 1. The third-order valence-corrected chi connectivity index (χ3v) is 3.55. The number of hydrogen-bond donors (Lipinski definition) is 1. The molecule has 1 saturated carbocycles. The van der Waals surface area contributed by atoms with Gasteiger partial charge in [-0.3, -0.25) is 9.69 Å². The molecule has 1 N–H and O–H groups in total. The van der Waals surface area contributed by atoms with E-state index in [1.165, 1.54) is 7.05 Å². The van der Waals surface area contributed by atoms with E-state index in [2.05, 4.69) is 0 Å². The number of halogens is 3. The van der Waals surface area contributed by atoms with Gasteiger partial charge >= 0.3 is 12.1 Å². The number of carbonyl (C=O) groups is 1. The largest absolute Gasteiger partial charge is 0.466 e. The minimum Gasteiger partial charge on any atom is -0.466 e. The molecule has 1 rings (SSSR count). The van der Waals surface area contributed by atoms with E-state index in [1.807, 2.05) is 0 Å². The molecule has 118 valence electrons. The summed E-state index contributed by atoms with van der Waals surface area (Å²) in [4.78, 5) is 12.6. The molecule has 0 aromatic carbocycles. The maximum Gasteiger partial charge on any atom is 0.401 e. The topological polar surface area (TPSA) is 49.8 Å². The Hall–Kier alpha value is -0.820. The van der Waals surface area contributed by atoms with Gasteiger partial charge in [0.2, 0.25) is 0 Å².